The quantitative estimate of drug-likeness (QED) is 0.573. The predicted octanol–water partition coefficient (Wildman–Crippen LogP) is 1.78. The van der Waals surface area contributed by atoms with Gasteiger partial charge in [0.2, 0.25) is 0 Å². The minimum absolute atomic E-state index is 0.644. The molecular formula is C5H13NS. The molecular weight excluding hydrogens is 106 g/mol. The van der Waals surface area contributed by atoms with Crippen LogP contribution in [0.15, 0.2) is 0 Å². The van der Waals surface area contributed by atoms with Gasteiger partial charge in [0.25, 0.3) is 0 Å². The van der Waals surface area contributed by atoms with E-state index in [1.54, 1.807) is 0 Å². The molecule has 0 aliphatic carbocycles. The highest BCUT2D eigenvalue weighted by Gasteiger charge is 1.93. The Kier molecular flexibility index (Phi) is 4.67. The molecule has 0 aliphatic heterocycles. The summed E-state index contributed by atoms with van der Waals surface area (Å²) in [6, 6.07) is 0. The Hall–Kier alpha value is 0.310. The smallest absolute Gasteiger partial charge is 0.0162 e. The van der Waals surface area contributed by atoms with E-state index in [0.29, 0.717) is 5.25 Å². The predicted molar refractivity (Wildman–Crippen MR) is 36.1 cm³/mol. The number of hydrogen-bond acceptors (Lipinski definition) is 2. The molecule has 0 unspecified atom stereocenters. The molecule has 0 aromatic heterocycles. The molecule has 0 aliphatic rings. The molecule has 2 N–H and O–H groups in total. The normalized spacial score (nSPS) is 14.1. The largest absolute Gasteiger partial charge is 0.278 e. The van der Waals surface area contributed by atoms with Crippen molar-refractivity contribution in [2.24, 2.45) is 5.14 Å². The summed E-state index contributed by atoms with van der Waals surface area (Å²) in [4.78, 5) is 0. The first-order chi connectivity index (χ1) is 3.31. The monoisotopic (exact) mass is 119 g/mol. The standard InChI is InChI=1S/C5H13NS/c1-3-4-5(2)7-6/h5H,3-4,6H2,1-2H3/t5-/m0/s1. The molecule has 0 radical (unpaired) electrons. The second kappa shape index (κ2) is 4.47. The van der Waals surface area contributed by atoms with Gasteiger partial charge in [-0.05, 0) is 6.42 Å². The summed E-state index contributed by atoms with van der Waals surface area (Å²) < 4.78 is 0. The van der Waals surface area contributed by atoms with E-state index in [0.717, 1.165) is 0 Å². The van der Waals surface area contributed by atoms with Crippen molar-refractivity contribution in [2.75, 3.05) is 0 Å². The summed E-state index contributed by atoms with van der Waals surface area (Å²) in [6.07, 6.45) is 2.48. The van der Waals surface area contributed by atoms with Gasteiger partial charge in [-0.1, -0.05) is 32.2 Å². The summed E-state index contributed by atoms with van der Waals surface area (Å²) in [5.41, 5.74) is 0. The third-order valence-electron chi connectivity index (χ3n) is 0.928. The molecule has 0 fully saturated rings. The highest BCUT2D eigenvalue weighted by molar-refractivity contribution is 7.97. The highest BCUT2D eigenvalue weighted by atomic mass is 32.2. The van der Waals surface area contributed by atoms with Crippen LogP contribution in [-0.4, -0.2) is 5.25 Å². The Morgan fingerprint density at radius 1 is 1.71 bits per heavy atom. The van der Waals surface area contributed by atoms with Gasteiger partial charge in [0, 0.05) is 5.25 Å². The van der Waals surface area contributed by atoms with Crippen molar-refractivity contribution in [1.82, 2.24) is 0 Å². The van der Waals surface area contributed by atoms with Crippen molar-refractivity contribution in [1.29, 1.82) is 0 Å². The van der Waals surface area contributed by atoms with Gasteiger partial charge in [0.1, 0.15) is 0 Å². The van der Waals surface area contributed by atoms with E-state index < -0.39 is 0 Å². The number of hydrogen-bond donors (Lipinski definition) is 1. The average molecular weight is 119 g/mol. The molecule has 0 saturated heterocycles. The zero-order chi connectivity index (χ0) is 5.70. The van der Waals surface area contributed by atoms with Crippen molar-refractivity contribution in [3.8, 4) is 0 Å². The maximum Gasteiger partial charge on any atom is 0.0162 e. The topological polar surface area (TPSA) is 26.0 Å². The molecule has 0 saturated carbocycles. The Bertz CT molecular complexity index is 39.1. The van der Waals surface area contributed by atoms with Crippen LogP contribution in [0.3, 0.4) is 0 Å². The van der Waals surface area contributed by atoms with Gasteiger partial charge in [0.15, 0.2) is 0 Å². The Balaban J connectivity index is 2.83. The summed E-state index contributed by atoms with van der Waals surface area (Å²) in [6.45, 7) is 4.32. The zero-order valence-corrected chi connectivity index (χ0v) is 5.79. The first-order valence-electron chi connectivity index (χ1n) is 2.66. The lowest BCUT2D eigenvalue weighted by Crippen LogP contribution is -1.97. The lowest BCUT2D eigenvalue weighted by molar-refractivity contribution is 0.787. The van der Waals surface area contributed by atoms with E-state index in [1.165, 1.54) is 24.8 Å². The average Bonchev–Trinajstić information content (AvgIpc) is 1.68. The minimum atomic E-state index is 0.644. The number of rotatable bonds is 3. The zero-order valence-electron chi connectivity index (χ0n) is 4.98. The molecule has 0 bridgehead atoms. The molecule has 0 aromatic carbocycles. The summed E-state index contributed by atoms with van der Waals surface area (Å²) in [7, 11) is 0. The summed E-state index contributed by atoms with van der Waals surface area (Å²) >= 11 is 1.45. The van der Waals surface area contributed by atoms with Crippen LogP contribution in [-0.2, 0) is 0 Å². The van der Waals surface area contributed by atoms with Gasteiger partial charge in [-0.3, -0.25) is 5.14 Å². The van der Waals surface area contributed by atoms with E-state index in [2.05, 4.69) is 13.8 Å². The van der Waals surface area contributed by atoms with Gasteiger partial charge in [0.05, 0.1) is 0 Å². The number of nitrogens with two attached hydrogens (primary N) is 1. The summed E-state index contributed by atoms with van der Waals surface area (Å²) in [5.74, 6) is 0. The molecule has 2 heteroatoms. The van der Waals surface area contributed by atoms with Gasteiger partial charge in [-0.2, -0.15) is 0 Å². The van der Waals surface area contributed by atoms with Crippen LogP contribution in [0.4, 0.5) is 0 Å². The minimum Gasteiger partial charge on any atom is -0.278 e. The van der Waals surface area contributed by atoms with E-state index in [4.69, 9.17) is 5.14 Å². The van der Waals surface area contributed by atoms with Gasteiger partial charge >= 0.3 is 0 Å². The Morgan fingerprint density at radius 3 is 2.43 bits per heavy atom. The Labute approximate surface area is 49.8 Å². The molecule has 0 aromatic rings. The van der Waals surface area contributed by atoms with E-state index in [-0.39, 0.29) is 0 Å². The van der Waals surface area contributed by atoms with E-state index in [1.807, 2.05) is 0 Å². The fraction of sp³-hybridized carbons (Fsp3) is 1.00. The van der Waals surface area contributed by atoms with Crippen molar-refractivity contribution in [3.63, 3.8) is 0 Å². The molecule has 7 heavy (non-hydrogen) atoms. The van der Waals surface area contributed by atoms with Crippen LogP contribution in [0.25, 0.3) is 0 Å². The lowest BCUT2D eigenvalue weighted by atomic mass is 10.3. The van der Waals surface area contributed by atoms with E-state index in [9.17, 15) is 0 Å². The molecule has 0 rings (SSSR count). The van der Waals surface area contributed by atoms with Crippen LogP contribution in [0.5, 0.6) is 0 Å². The maximum atomic E-state index is 5.27. The first-order valence-corrected chi connectivity index (χ1v) is 3.61. The van der Waals surface area contributed by atoms with Gasteiger partial charge in [-0.25, -0.2) is 0 Å². The van der Waals surface area contributed by atoms with Crippen molar-refractivity contribution in [2.45, 2.75) is 31.9 Å². The molecule has 0 amide bonds. The molecule has 1 atom stereocenters. The van der Waals surface area contributed by atoms with Crippen molar-refractivity contribution >= 4 is 11.9 Å². The van der Waals surface area contributed by atoms with Crippen molar-refractivity contribution in [3.05, 3.63) is 0 Å². The van der Waals surface area contributed by atoms with Crippen LogP contribution in [0.2, 0.25) is 0 Å². The third kappa shape index (κ3) is 4.16. The fourth-order valence-electron chi connectivity index (χ4n) is 0.475. The van der Waals surface area contributed by atoms with Gasteiger partial charge < -0.3 is 0 Å². The fourth-order valence-corrected chi connectivity index (χ4v) is 0.846. The second-order valence-corrected chi connectivity index (χ2v) is 2.81. The molecule has 1 nitrogen and oxygen atoms in total. The maximum absolute atomic E-state index is 5.27. The van der Waals surface area contributed by atoms with Crippen LogP contribution in [0, 0.1) is 0 Å². The highest BCUT2D eigenvalue weighted by Crippen LogP contribution is 2.07. The van der Waals surface area contributed by atoms with Crippen LogP contribution < -0.4 is 5.14 Å². The third-order valence-corrected chi connectivity index (χ3v) is 1.63. The van der Waals surface area contributed by atoms with Crippen LogP contribution in [0.1, 0.15) is 26.7 Å². The second-order valence-electron chi connectivity index (χ2n) is 1.74. The summed E-state index contributed by atoms with van der Waals surface area (Å²) in [5, 5.41) is 5.92. The molecule has 0 heterocycles. The van der Waals surface area contributed by atoms with E-state index >= 15 is 0 Å². The molecule has 0 spiro atoms. The van der Waals surface area contributed by atoms with Crippen LogP contribution >= 0.6 is 11.9 Å². The first kappa shape index (κ1) is 7.31. The SMILES string of the molecule is CCC[C@H](C)SN. The van der Waals surface area contributed by atoms with Crippen molar-refractivity contribution < 1.29 is 0 Å². The van der Waals surface area contributed by atoms with Gasteiger partial charge in [-0.15, -0.1) is 0 Å². The lowest BCUT2D eigenvalue weighted by Gasteiger charge is -2.01. The Morgan fingerprint density at radius 2 is 2.29 bits per heavy atom. The molecule has 44 valence electrons.